The molecule has 0 bridgehead atoms. The SMILES string of the molecule is CC(C)C1CCCN1S(=O)(=O)c1ccc(OCCCl)cc1. The van der Waals surface area contributed by atoms with E-state index < -0.39 is 10.0 Å². The molecular formula is C15H22ClNO3S. The molecule has 1 saturated heterocycles. The Morgan fingerprint density at radius 2 is 2.00 bits per heavy atom. The summed E-state index contributed by atoms with van der Waals surface area (Å²) in [6.07, 6.45) is 1.87. The van der Waals surface area contributed by atoms with Crippen molar-refractivity contribution in [3.05, 3.63) is 24.3 Å². The fourth-order valence-corrected chi connectivity index (χ4v) is 4.63. The van der Waals surface area contributed by atoms with Crippen LogP contribution in [-0.2, 0) is 10.0 Å². The summed E-state index contributed by atoms with van der Waals surface area (Å²) in [5.41, 5.74) is 0. The summed E-state index contributed by atoms with van der Waals surface area (Å²) in [5, 5.41) is 0. The summed E-state index contributed by atoms with van der Waals surface area (Å²) in [6.45, 7) is 5.16. The quantitative estimate of drug-likeness (QED) is 0.752. The fraction of sp³-hybridized carbons (Fsp3) is 0.600. The van der Waals surface area contributed by atoms with Gasteiger partial charge in [-0.15, -0.1) is 11.6 Å². The van der Waals surface area contributed by atoms with Gasteiger partial charge in [0.25, 0.3) is 0 Å². The second kappa shape index (κ2) is 6.99. The summed E-state index contributed by atoms with van der Waals surface area (Å²) in [6, 6.07) is 6.67. The number of halogens is 1. The molecule has 1 aromatic carbocycles. The van der Waals surface area contributed by atoms with E-state index in [1.807, 2.05) is 0 Å². The maximum atomic E-state index is 12.7. The first-order valence-electron chi connectivity index (χ1n) is 7.27. The summed E-state index contributed by atoms with van der Waals surface area (Å²) < 4.78 is 32.5. The zero-order valence-electron chi connectivity index (χ0n) is 12.5. The van der Waals surface area contributed by atoms with Crippen LogP contribution in [0.2, 0.25) is 0 Å². The molecule has 1 atom stereocenters. The highest BCUT2D eigenvalue weighted by Crippen LogP contribution is 2.30. The van der Waals surface area contributed by atoms with E-state index in [9.17, 15) is 8.42 Å². The van der Waals surface area contributed by atoms with Crippen LogP contribution in [0.25, 0.3) is 0 Å². The van der Waals surface area contributed by atoms with Crippen LogP contribution in [0.15, 0.2) is 29.2 Å². The first kappa shape index (κ1) is 16.6. The first-order chi connectivity index (χ1) is 9.96. The molecule has 0 radical (unpaired) electrons. The van der Waals surface area contributed by atoms with Crippen molar-refractivity contribution in [2.24, 2.45) is 5.92 Å². The third-order valence-electron chi connectivity index (χ3n) is 3.79. The molecule has 0 aliphatic carbocycles. The summed E-state index contributed by atoms with van der Waals surface area (Å²) in [7, 11) is -3.42. The van der Waals surface area contributed by atoms with E-state index in [1.54, 1.807) is 28.6 Å². The number of benzene rings is 1. The minimum absolute atomic E-state index is 0.0992. The highest BCUT2D eigenvalue weighted by molar-refractivity contribution is 7.89. The van der Waals surface area contributed by atoms with Crippen LogP contribution in [0, 0.1) is 5.92 Å². The van der Waals surface area contributed by atoms with Gasteiger partial charge in [0.1, 0.15) is 12.4 Å². The van der Waals surface area contributed by atoms with Crippen LogP contribution >= 0.6 is 11.6 Å². The van der Waals surface area contributed by atoms with Gasteiger partial charge < -0.3 is 4.74 Å². The molecule has 0 amide bonds. The predicted octanol–water partition coefficient (Wildman–Crippen LogP) is 3.11. The normalized spacial score (nSPS) is 20.1. The van der Waals surface area contributed by atoms with Gasteiger partial charge in [-0.2, -0.15) is 4.31 Å². The predicted molar refractivity (Wildman–Crippen MR) is 84.4 cm³/mol. The Hall–Kier alpha value is -0.780. The molecule has 0 spiro atoms. The van der Waals surface area contributed by atoms with Crippen molar-refractivity contribution in [2.75, 3.05) is 19.0 Å². The van der Waals surface area contributed by atoms with Crippen LogP contribution in [0.3, 0.4) is 0 Å². The van der Waals surface area contributed by atoms with E-state index in [4.69, 9.17) is 16.3 Å². The van der Waals surface area contributed by atoms with Gasteiger partial charge in [0.15, 0.2) is 0 Å². The number of hydrogen-bond acceptors (Lipinski definition) is 3. The highest BCUT2D eigenvalue weighted by Gasteiger charge is 2.36. The Labute approximate surface area is 132 Å². The van der Waals surface area contributed by atoms with E-state index in [0.29, 0.717) is 35.6 Å². The third kappa shape index (κ3) is 3.71. The smallest absolute Gasteiger partial charge is 0.243 e. The molecular weight excluding hydrogens is 310 g/mol. The van der Waals surface area contributed by atoms with Crippen molar-refractivity contribution in [3.8, 4) is 5.75 Å². The Morgan fingerprint density at radius 3 is 2.57 bits per heavy atom. The van der Waals surface area contributed by atoms with Gasteiger partial charge in [-0.3, -0.25) is 0 Å². The Morgan fingerprint density at radius 1 is 1.33 bits per heavy atom. The Bertz CT molecular complexity index is 557. The lowest BCUT2D eigenvalue weighted by Gasteiger charge is -2.26. The van der Waals surface area contributed by atoms with E-state index in [-0.39, 0.29) is 6.04 Å². The van der Waals surface area contributed by atoms with E-state index in [2.05, 4.69) is 13.8 Å². The molecule has 1 aliphatic rings. The second-order valence-corrected chi connectivity index (χ2v) is 7.85. The van der Waals surface area contributed by atoms with Crippen molar-refractivity contribution in [1.82, 2.24) is 4.31 Å². The van der Waals surface area contributed by atoms with Crippen molar-refractivity contribution in [3.63, 3.8) is 0 Å². The van der Waals surface area contributed by atoms with Gasteiger partial charge in [-0.25, -0.2) is 8.42 Å². The second-order valence-electron chi connectivity index (χ2n) is 5.58. The van der Waals surface area contributed by atoms with Gasteiger partial charge >= 0.3 is 0 Å². The van der Waals surface area contributed by atoms with Crippen LogP contribution in [0.1, 0.15) is 26.7 Å². The number of nitrogens with zero attached hydrogens (tertiary/aromatic N) is 1. The molecule has 4 nitrogen and oxygen atoms in total. The molecule has 1 heterocycles. The van der Waals surface area contributed by atoms with Crippen LogP contribution in [-0.4, -0.2) is 37.8 Å². The summed E-state index contributed by atoms with van der Waals surface area (Å²) in [4.78, 5) is 0.327. The monoisotopic (exact) mass is 331 g/mol. The van der Waals surface area contributed by atoms with Crippen LogP contribution in [0.5, 0.6) is 5.75 Å². The van der Waals surface area contributed by atoms with Gasteiger partial charge in [-0.05, 0) is 43.0 Å². The maximum absolute atomic E-state index is 12.7. The molecule has 1 aromatic rings. The average Bonchev–Trinajstić information content (AvgIpc) is 2.96. The lowest BCUT2D eigenvalue weighted by Crippen LogP contribution is -2.38. The topological polar surface area (TPSA) is 46.6 Å². The zero-order valence-corrected chi connectivity index (χ0v) is 14.0. The summed E-state index contributed by atoms with van der Waals surface area (Å²) in [5.74, 6) is 1.37. The molecule has 0 N–H and O–H groups in total. The van der Waals surface area contributed by atoms with E-state index >= 15 is 0 Å². The van der Waals surface area contributed by atoms with E-state index in [0.717, 1.165) is 12.8 Å². The van der Waals surface area contributed by atoms with E-state index in [1.165, 1.54) is 0 Å². The van der Waals surface area contributed by atoms with Crippen molar-refractivity contribution in [2.45, 2.75) is 37.6 Å². The molecule has 118 valence electrons. The number of alkyl halides is 1. The standard InChI is InChI=1S/C15H22ClNO3S/c1-12(2)15-4-3-10-17(15)21(18,19)14-7-5-13(6-8-14)20-11-9-16/h5-8,12,15H,3-4,9-11H2,1-2H3. The molecule has 0 saturated carbocycles. The van der Waals surface area contributed by atoms with Crippen LogP contribution in [0.4, 0.5) is 0 Å². The molecule has 1 aliphatic heterocycles. The lowest BCUT2D eigenvalue weighted by atomic mass is 10.0. The van der Waals surface area contributed by atoms with Gasteiger partial charge in [-0.1, -0.05) is 13.8 Å². The van der Waals surface area contributed by atoms with Gasteiger partial charge in [0, 0.05) is 12.6 Å². The van der Waals surface area contributed by atoms with Gasteiger partial charge in [0.05, 0.1) is 10.8 Å². The van der Waals surface area contributed by atoms with Crippen molar-refractivity contribution in [1.29, 1.82) is 0 Å². The first-order valence-corrected chi connectivity index (χ1v) is 9.25. The molecule has 21 heavy (non-hydrogen) atoms. The molecule has 2 rings (SSSR count). The number of hydrogen-bond donors (Lipinski definition) is 0. The minimum atomic E-state index is -3.42. The molecule has 6 heteroatoms. The average molecular weight is 332 g/mol. The maximum Gasteiger partial charge on any atom is 0.243 e. The zero-order chi connectivity index (χ0) is 15.5. The largest absolute Gasteiger partial charge is 0.492 e. The van der Waals surface area contributed by atoms with Crippen molar-refractivity contribution >= 4 is 21.6 Å². The number of rotatable bonds is 6. The highest BCUT2D eigenvalue weighted by atomic mass is 35.5. The summed E-state index contributed by atoms with van der Waals surface area (Å²) >= 11 is 5.56. The van der Waals surface area contributed by atoms with Gasteiger partial charge in [0.2, 0.25) is 10.0 Å². The number of sulfonamides is 1. The van der Waals surface area contributed by atoms with Crippen LogP contribution < -0.4 is 4.74 Å². The minimum Gasteiger partial charge on any atom is -0.492 e. The van der Waals surface area contributed by atoms with Crippen molar-refractivity contribution < 1.29 is 13.2 Å². The Balaban J connectivity index is 2.19. The molecule has 0 aromatic heterocycles. The third-order valence-corrected chi connectivity index (χ3v) is 5.89. The molecule has 1 unspecified atom stereocenters. The number of ether oxygens (including phenoxy) is 1. The molecule has 1 fully saturated rings. The Kier molecular flexibility index (Phi) is 5.52. The fourth-order valence-electron chi connectivity index (χ4n) is 2.73. The lowest BCUT2D eigenvalue weighted by molar-refractivity contribution is 0.315.